The molecule has 0 bridgehead atoms. The van der Waals surface area contributed by atoms with Crippen molar-refractivity contribution in [2.45, 2.75) is 13.8 Å². The summed E-state index contributed by atoms with van der Waals surface area (Å²) in [6.45, 7) is 4.03. The summed E-state index contributed by atoms with van der Waals surface area (Å²) >= 11 is 0. The summed E-state index contributed by atoms with van der Waals surface area (Å²) in [4.78, 5) is 56.8. The second-order valence-electron chi connectivity index (χ2n) is 5.37. The molecule has 25 heavy (non-hydrogen) atoms. The minimum atomic E-state index is -1.38. The number of rotatable bonds is 3. The first kappa shape index (κ1) is 20.0. The third-order valence-corrected chi connectivity index (χ3v) is 3.48. The van der Waals surface area contributed by atoms with Crippen molar-refractivity contribution in [2.24, 2.45) is 0 Å². The van der Waals surface area contributed by atoms with E-state index >= 15 is 0 Å². The average molecular weight is 348 g/mol. The lowest BCUT2D eigenvalue weighted by molar-refractivity contribution is -0.148. The Morgan fingerprint density at radius 3 is 1.64 bits per heavy atom. The van der Waals surface area contributed by atoms with E-state index in [-0.39, 0.29) is 5.91 Å². The van der Waals surface area contributed by atoms with Crippen LogP contribution in [0.1, 0.15) is 24.2 Å². The van der Waals surface area contributed by atoms with Crippen molar-refractivity contribution in [3.63, 3.8) is 0 Å². The molecule has 0 aromatic heterocycles. The van der Waals surface area contributed by atoms with E-state index in [1.807, 2.05) is 18.2 Å². The van der Waals surface area contributed by atoms with Crippen LogP contribution in [0.4, 0.5) is 0 Å². The predicted octanol–water partition coefficient (Wildman–Crippen LogP) is 0.220. The Morgan fingerprint density at radius 2 is 1.24 bits per heavy atom. The molecule has 2 amide bonds. The van der Waals surface area contributed by atoms with Gasteiger partial charge in [-0.15, -0.1) is 0 Å². The van der Waals surface area contributed by atoms with E-state index in [1.54, 1.807) is 17.0 Å². The van der Waals surface area contributed by atoms with Crippen LogP contribution in [0, 0.1) is 0 Å². The number of benzene rings is 1. The molecular formula is C17H20N2O6. The van der Waals surface area contributed by atoms with Crippen molar-refractivity contribution >= 4 is 29.4 Å². The standard InChI is InChI=1S/C14H16N2O3.C3H4O3/c1-11(17)13(18)15-7-9-16(10-8-15)14(19)12-5-3-2-4-6-12;1-2(4)3(5)6/h2-6H,7-10H2,1H3;1H3,(H,5,6). The summed E-state index contributed by atoms with van der Waals surface area (Å²) in [6, 6.07) is 9.05. The van der Waals surface area contributed by atoms with E-state index < -0.39 is 23.4 Å². The van der Waals surface area contributed by atoms with E-state index in [0.717, 1.165) is 6.92 Å². The van der Waals surface area contributed by atoms with Gasteiger partial charge in [0.1, 0.15) is 0 Å². The molecule has 1 saturated heterocycles. The molecule has 0 saturated carbocycles. The van der Waals surface area contributed by atoms with E-state index in [4.69, 9.17) is 5.11 Å². The van der Waals surface area contributed by atoms with Gasteiger partial charge in [-0.3, -0.25) is 19.2 Å². The number of carbonyl (C=O) groups is 5. The number of carboxylic acids is 1. The molecule has 0 radical (unpaired) electrons. The Morgan fingerprint density at radius 1 is 0.800 bits per heavy atom. The van der Waals surface area contributed by atoms with Crippen molar-refractivity contribution in [3.05, 3.63) is 35.9 Å². The molecule has 0 atom stereocenters. The van der Waals surface area contributed by atoms with Gasteiger partial charge >= 0.3 is 5.97 Å². The number of Topliss-reactive ketones (excluding diaryl/α,β-unsaturated/α-hetero) is 2. The molecule has 0 aliphatic carbocycles. The van der Waals surface area contributed by atoms with Crippen molar-refractivity contribution in [1.82, 2.24) is 9.80 Å². The van der Waals surface area contributed by atoms with Gasteiger partial charge in [-0.05, 0) is 12.1 Å². The summed E-state index contributed by atoms with van der Waals surface area (Å²) in [5, 5.41) is 7.64. The lowest BCUT2D eigenvalue weighted by Gasteiger charge is -2.34. The van der Waals surface area contributed by atoms with E-state index in [9.17, 15) is 24.0 Å². The third kappa shape index (κ3) is 6.17. The lowest BCUT2D eigenvalue weighted by Crippen LogP contribution is -2.51. The fourth-order valence-electron chi connectivity index (χ4n) is 2.10. The molecule has 1 aromatic rings. The highest BCUT2D eigenvalue weighted by Gasteiger charge is 2.26. The summed E-state index contributed by atoms with van der Waals surface area (Å²) in [5.41, 5.74) is 0.647. The quantitative estimate of drug-likeness (QED) is 0.782. The van der Waals surface area contributed by atoms with Crippen LogP contribution in [-0.2, 0) is 19.2 Å². The van der Waals surface area contributed by atoms with Crippen LogP contribution in [0.5, 0.6) is 0 Å². The zero-order chi connectivity index (χ0) is 19.0. The predicted molar refractivity (Wildman–Crippen MR) is 87.9 cm³/mol. The zero-order valence-corrected chi connectivity index (χ0v) is 14.1. The molecule has 134 valence electrons. The van der Waals surface area contributed by atoms with Crippen molar-refractivity contribution < 1.29 is 29.1 Å². The minimum absolute atomic E-state index is 0.0319. The first-order valence-corrected chi connectivity index (χ1v) is 7.62. The number of carboxylic acid groups (broad SMARTS) is 1. The lowest BCUT2D eigenvalue weighted by atomic mass is 10.2. The van der Waals surface area contributed by atoms with Gasteiger partial charge in [0.05, 0.1) is 0 Å². The molecular weight excluding hydrogens is 328 g/mol. The molecule has 8 heteroatoms. The highest BCUT2D eigenvalue weighted by molar-refractivity contribution is 6.35. The molecule has 1 aliphatic heterocycles. The molecule has 0 spiro atoms. The van der Waals surface area contributed by atoms with Crippen molar-refractivity contribution in [2.75, 3.05) is 26.2 Å². The Labute approximate surface area is 145 Å². The molecule has 2 rings (SSSR count). The van der Waals surface area contributed by atoms with Crippen molar-refractivity contribution in [3.8, 4) is 0 Å². The van der Waals surface area contributed by atoms with E-state index in [0.29, 0.717) is 31.7 Å². The normalized spacial score (nSPS) is 13.4. The van der Waals surface area contributed by atoms with Crippen LogP contribution in [0.2, 0.25) is 0 Å². The first-order chi connectivity index (χ1) is 11.7. The van der Waals surface area contributed by atoms with Gasteiger partial charge in [-0.2, -0.15) is 0 Å². The molecule has 1 aliphatic rings. The second-order valence-corrected chi connectivity index (χ2v) is 5.37. The zero-order valence-electron chi connectivity index (χ0n) is 14.1. The SMILES string of the molecule is CC(=O)C(=O)N1CCN(C(=O)c2ccccc2)CC1.CC(=O)C(=O)O. The molecule has 1 N–H and O–H groups in total. The number of aliphatic carboxylic acids is 1. The minimum Gasteiger partial charge on any atom is -0.476 e. The monoisotopic (exact) mass is 348 g/mol. The summed E-state index contributed by atoms with van der Waals surface area (Å²) in [5.74, 6) is -3.16. The maximum absolute atomic E-state index is 12.2. The van der Waals surface area contributed by atoms with Crippen LogP contribution in [-0.4, -0.2) is 70.4 Å². The Kier molecular flexibility index (Phi) is 7.45. The molecule has 1 fully saturated rings. The molecule has 8 nitrogen and oxygen atoms in total. The number of amides is 2. The number of ketones is 2. The fourth-order valence-corrected chi connectivity index (χ4v) is 2.10. The summed E-state index contributed by atoms with van der Waals surface area (Å²) < 4.78 is 0. The average Bonchev–Trinajstić information content (AvgIpc) is 2.61. The molecule has 1 aromatic carbocycles. The van der Waals surface area contributed by atoms with E-state index in [2.05, 4.69) is 0 Å². The van der Waals surface area contributed by atoms with Crippen LogP contribution in [0.3, 0.4) is 0 Å². The maximum Gasteiger partial charge on any atom is 0.371 e. The smallest absolute Gasteiger partial charge is 0.371 e. The number of hydrogen-bond donors (Lipinski definition) is 1. The van der Waals surface area contributed by atoms with Crippen LogP contribution in [0.15, 0.2) is 30.3 Å². The fraction of sp³-hybridized carbons (Fsp3) is 0.353. The van der Waals surface area contributed by atoms with Gasteiger partial charge in [0.2, 0.25) is 11.6 Å². The number of nitrogens with zero attached hydrogens (tertiary/aromatic N) is 2. The van der Waals surface area contributed by atoms with Gasteiger partial charge in [-0.25, -0.2) is 4.79 Å². The third-order valence-electron chi connectivity index (χ3n) is 3.48. The number of piperazine rings is 1. The Balaban J connectivity index is 0.000000450. The summed E-state index contributed by atoms with van der Waals surface area (Å²) in [7, 11) is 0. The van der Waals surface area contributed by atoms with Gasteiger partial charge in [0.25, 0.3) is 11.8 Å². The first-order valence-electron chi connectivity index (χ1n) is 7.62. The van der Waals surface area contributed by atoms with Crippen LogP contribution in [0.25, 0.3) is 0 Å². The maximum atomic E-state index is 12.2. The van der Waals surface area contributed by atoms with Crippen LogP contribution >= 0.6 is 0 Å². The highest BCUT2D eigenvalue weighted by atomic mass is 16.4. The highest BCUT2D eigenvalue weighted by Crippen LogP contribution is 2.09. The second kappa shape index (κ2) is 9.31. The van der Waals surface area contributed by atoms with Crippen LogP contribution < -0.4 is 0 Å². The molecule has 1 heterocycles. The molecule has 0 unspecified atom stereocenters. The van der Waals surface area contributed by atoms with E-state index in [1.165, 1.54) is 11.8 Å². The largest absolute Gasteiger partial charge is 0.476 e. The van der Waals surface area contributed by atoms with Gasteiger partial charge in [0, 0.05) is 45.6 Å². The number of carbonyl (C=O) groups excluding carboxylic acids is 4. The topological polar surface area (TPSA) is 112 Å². The van der Waals surface area contributed by atoms with Gasteiger partial charge in [-0.1, -0.05) is 18.2 Å². The Hall–Kier alpha value is -3.03. The van der Waals surface area contributed by atoms with Crippen molar-refractivity contribution in [1.29, 1.82) is 0 Å². The van der Waals surface area contributed by atoms with Gasteiger partial charge < -0.3 is 14.9 Å². The summed E-state index contributed by atoms with van der Waals surface area (Å²) in [6.07, 6.45) is 0. The van der Waals surface area contributed by atoms with Gasteiger partial charge in [0.15, 0.2) is 0 Å². The Bertz CT molecular complexity index is 651. The number of hydrogen-bond acceptors (Lipinski definition) is 5.